The first-order chi connectivity index (χ1) is 7.11. The number of aliphatic imine (C=N–C) groups is 1. The minimum atomic E-state index is 0. The van der Waals surface area contributed by atoms with E-state index < -0.39 is 0 Å². The monoisotopic (exact) mass is 337 g/mol. The van der Waals surface area contributed by atoms with Gasteiger partial charge in [0, 0.05) is 38.4 Å². The van der Waals surface area contributed by atoms with Crippen molar-refractivity contribution < 1.29 is 0 Å². The van der Waals surface area contributed by atoms with Crippen molar-refractivity contribution in [3.8, 4) is 0 Å². The smallest absolute Gasteiger partial charge is 0.191 e. The zero-order valence-electron chi connectivity index (χ0n) is 10.2. The van der Waals surface area contributed by atoms with Crippen molar-refractivity contribution in [2.45, 2.75) is 26.4 Å². The third-order valence-electron chi connectivity index (χ3n) is 1.87. The van der Waals surface area contributed by atoms with E-state index in [1.807, 2.05) is 19.4 Å². The van der Waals surface area contributed by atoms with E-state index in [1.165, 1.54) is 0 Å². The summed E-state index contributed by atoms with van der Waals surface area (Å²) in [5.74, 6) is 0.814. The van der Waals surface area contributed by atoms with Crippen LogP contribution in [-0.2, 0) is 13.6 Å². The van der Waals surface area contributed by atoms with E-state index >= 15 is 0 Å². The Kier molecular flexibility index (Phi) is 7.11. The molecule has 92 valence electrons. The zero-order chi connectivity index (χ0) is 11.3. The van der Waals surface area contributed by atoms with Crippen molar-refractivity contribution >= 4 is 29.9 Å². The molecule has 0 saturated heterocycles. The molecule has 0 atom stereocenters. The van der Waals surface area contributed by atoms with Crippen LogP contribution in [-0.4, -0.2) is 28.8 Å². The minimum absolute atomic E-state index is 0. The number of hydrogen-bond acceptors (Lipinski definition) is 2. The summed E-state index contributed by atoms with van der Waals surface area (Å²) in [6.07, 6.45) is 3.82. The molecule has 0 unspecified atom stereocenters. The number of guanidine groups is 1. The van der Waals surface area contributed by atoms with Gasteiger partial charge in [0.25, 0.3) is 0 Å². The highest BCUT2D eigenvalue weighted by molar-refractivity contribution is 14.0. The van der Waals surface area contributed by atoms with Crippen molar-refractivity contribution in [1.82, 2.24) is 20.4 Å². The predicted octanol–water partition coefficient (Wildman–Crippen LogP) is 1.11. The largest absolute Gasteiger partial charge is 0.354 e. The Morgan fingerprint density at radius 1 is 1.56 bits per heavy atom. The van der Waals surface area contributed by atoms with Gasteiger partial charge in [-0.3, -0.25) is 9.67 Å². The van der Waals surface area contributed by atoms with Crippen LogP contribution in [0.2, 0.25) is 0 Å². The second kappa shape index (κ2) is 7.48. The van der Waals surface area contributed by atoms with Gasteiger partial charge in [0.2, 0.25) is 0 Å². The molecule has 1 aromatic rings. The molecule has 0 radical (unpaired) electrons. The van der Waals surface area contributed by atoms with Gasteiger partial charge in [-0.25, -0.2) is 0 Å². The molecule has 0 aromatic carbocycles. The summed E-state index contributed by atoms with van der Waals surface area (Å²) in [4.78, 5) is 4.12. The lowest BCUT2D eigenvalue weighted by molar-refractivity contribution is 0.699. The summed E-state index contributed by atoms with van der Waals surface area (Å²) >= 11 is 0. The number of aromatic nitrogens is 2. The van der Waals surface area contributed by atoms with Gasteiger partial charge in [-0.1, -0.05) is 0 Å². The summed E-state index contributed by atoms with van der Waals surface area (Å²) in [7, 11) is 3.67. The van der Waals surface area contributed by atoms with Crippen LogP contribution in [0, 0.1) is 0 Å². The molecule has 0 aliphatic carbocycles. The first-order valence-electron chi connectivity index (χ1n) is 5.06. The van der Waals surface area contributed by atoms with E-state index in [9.17, 15) is 0 Å². The Morgan fingerprint density at radius 2 is 2.25 bits per heavy atom. The quantitative estimate of drug-likeness (QED) is 0.494. The molecule has 6 heteroatoms. The standard InChI is InChI=1S/C10H19N5.HI/c1-8(2)14-10(11-3)12-5-9-6-13-15(4)7-9;/h6-8H,5H2,1-4H3,(H2,11,12,14);1H. The van der Waals surface area contributed by atoms with Crippen LogP contribution < -0.4 is 10.6 Å². The fourth-order valence-electron chi connectivity index (χ4n) is 1.22. The van der Waals surface area contributed by atoms with E-state index in [-0.39, 0.29) is 24.0 Å². The van der Waals surface area contributed by atoms with Gasteiger partial charge in [-0.15, -0.1) is 24.0 Å². The molecule has 2 N–H and O–H groups in total. The Morgan fingerprint density at radius 3 is 2.69 bits per heavy atom. The van der Waals surface area contributed by atoms with Crippen LogP contribution >= 0.6 is 24.0 Å². The predicted molar refractivity (Wildman–Crippen MR) is 77.1 cm³/mol. The molecule has 0 spiro atoms. The van der Waals surface area contributed by atoms with E-state index in [2.05, 4.69) is 34.6 Å². The summed E-state index contributed by atoms with van der Waals surface area (Å²) in [5, 5.41) is 10.5. The second-order valence-corrected chi connectivity index (χ2v) is 3.75. The molecule has 0 aliphatic heterocycles. The van der Waals surface area contributed by atoms with Crippen molar-refractivity contribution in [2.24, 2.45) is 12.0 Å². The number of hydrogen-bond donors (Lipinski definition) is 2. The normalized spacial score (nSPS) is 11.2. The second-order valence-electron chi connectivity index (χ2n) is 3.75. The van der Waals surface area contributed by atoms with Gasteiger partial charge in [0.15, 0.2) is 5.96 Å². The van der Waals surface area contributed by atoms with Gasteiger partial charge in [0.05, 0.1) is 6.20 Å². The van der Waals surface area contributed by atoms with Crippen LogP contribution in [0.4, 0.5) is 0 Å². The molecule has 1 rings (SSSR count). The molecule has 0 fully saturated rings. The lowest BCUT2D eigenvalue weighted by atomic mass is 10.3. The highest BCUT2D eigenvalue weighted by Gasteiger charge is 2.00. The molecular weight excluding hydrogens is 317 g/mol. The molecule has 0 amide bonds. The van der Waals surface area contributed by atoms with Crippen molar-refractivity contribution in [3.05, 3.63) is 18.0 Å². The molecule has 16 heavy (non-hydrogen) atoms. The van der Waals surface area contributed by atoms with E-state index in [0.717, 1.165) is 18.1 Å². The molecule has 1 heterocycles. The third-order valence-corrected chi connectivity index (χ3v) is 1.87. The minimum Gasteiger partial charge on any atom is -0.354 e. The van der Waals surface area contributed by atoms with Gasteiger partial charge < -0.3 is 10.6 Å². The number of rotatable bonds is 3. The van der Waals surface area contributed by atoms with Crippen molar-refractivity contribution in [3.63, 3.8) is 0 Å². The first-order valence-corrected chi connectivity index (χ1v) is 5.06. The Labute approximate surface area is 114 Å². The number of halogens is 1. The number of aryl methyl sites for hydroxylation is 1. The van der Waals surface area contributed by atoms with Gasteiger partial charge >= 0.3 is 0 Å². The van der Waals surface area contributed by atoms with Gasteiger partial charge in [-0.05, 0) is 13.8 Å². The fraction of sp³-hybridized carbons (Fsp3) is 0.600. The van der Waals surface area contributed by atoms with Crippen LogP contribution in [0.3, 0.4) is 0 Å². The maximum Gasteiger partial charge on any atom is 0.191 e. The average Bonchev–Trinajstić information content (AvgIpc) is 2.58. The Hall–Kier alpha value is -0.790. The van der Waals surface area contributed by atoms with Crippen LogP contribution in [0.1, 0.15) is 19.4 Å². The SMILES string of the molecule is CN=C(NCc1cnn(C)c1)NC(C)C.I. The number of nitrogens with zero attached hydrogens (tertiary/aromatic N) is 3. The summed E-state index contributed by atoms with van der Waals surface area (Å²) in [6.45, 7) is 4.90. The lowest BCUT2D eigenvalue weighted by Crippen LogP contribution is -2.40. The van der Waals surface area contributed by atoms with Crippen LogP contribution in [0.15, 0.2) is 17.4 Å². The molecular formula is C10H20IN5. The van der Waals surface area contributed by atoms with Crippen molar-refractivity contribution in [1.29, 1.82) is 0 Å². The number of nitrogens with one attached hydrogen (secondary N) is 2. The van der Waals surface area contributed by atoms with E-state index in [4.69, 9.17) is 0 Å². The molecule has 1 aromatic heterocycles. The maximum atomic E-state index is 4.12. The Balaban J connectivity index is 0.00000225. The molecule has 0 bridgehead atoms. The zero-order valence-corrected chi connectivity index (χ0v) is 12.5. The van der Waals surface area contributed by atoms with Crippen molar-refractivity contribution in [2.75, 3.05) is 7.05 Å². The molecule has 5 nitrogen and oxygen atoms in total. The Bertz CT molecular complexity index is 332. The molecule has 0 saturated carbocycles. The first kappa shape index (κ1) is 15.2. The van der Waals surface area contributed by atoms with Gasteiger partial charge in [0.1, 0.15) is 0 Å². The topological polar surface area (TPSA) is 54.2 Å². The summed E-state index contributed by atoms with van der Waals surface area (Å²) in [5.41, 5.74) is 1.14. The van der Waals surface area contributed by atoms with Crippen LogP contribution in [0.25, 0.3) is 0 Å². The van der Waals surface area contributed by atoms with E-state index in [1.54, 1.807) is 11.7 Å². The highest BCUT2D eigenvalue weighted by atomic mass is 127. The fourth-order valence-corrected chi connectivity index (χ4v) is 1.22. The summed E-state index contributed by atoms with van der Waals surface area (Å²) < 4.78 is 1.79. The summed E-state index contributed by atoms with van der Waals surface area (Å²) in [6, 6.07) is 0.380. The van der Waals surface area contributed by atoms with Gasteiger partial charge in [-0.2, -0.15) is 5.10 Å². The lowest BCUT2D eigenvalue weighted by Gasteiger charge is -2.13. The third kappa shape index (κ3) is 5.34. The average molecular weight is 337 g/mol. The maximum absolute atomic E-state index is 4.12. The van der Waals surface area contributed by atoms with E-state index in [0.29, 0.717) is 6.04 Å². The highest BCUT2D eigenvalue weighted by Crippen LogP contribution is 1.94. The van der Waals surface area contributed by atoms with Crippen LogP contribution in [0.5, 0.6) is 0 Å². The molecule has 0 aliphatic rings.